The van der Waals surface area contributed by atoms with Gasteiger partial charge < -0.3 is 10.4 Å². The zero-order chi connectivity index (χ0) is 21.8. The largest absolute Gasteiger partial charge is 0.478 e. The van der Waals surface area contributed by atoms with Crippen LogP contribution in [-0.4, -0.2) is 53.3 Å². The Morgan fingerprint density at radius 1 is 1.13 bits per heavy atom. The van der Waals surface area contributed by atoms with E-state index in [-0.39, 0.29) is 11.5 Å². The first kappa shape index (κ1) is 20.7. The molecule has 0 radical (unpaired) electrons. The van der Waals surface area contributed by atoms with Gasteiger partial charge in [0.15, 0.2) is 0 Å². The number of carbonyl (C=O) groups is 2. The van der Waals surface area contributed by atoms with Crippen molar-refractivity contribution in [2.24, 2.45) is 18.9 Å². The highest BCUT2D eigenvalue weighted by Crippen LogP contribution is 2.30. The molecule has 0 bridgehead atoms. The first-order chi connectivity index (χ1) is 15.0. The third kappa shape index (κ3) is 5.14. The van der Waals surface area contributed by atoms with E-state index in [4.69, 9.17) is 5.11 Å². The summed E-state index contributed by atoms with van der Waals surface area (Å²) < 4.78 is 3.44. The van der Waals surface area contributed by atoms with Crippen molar-refractivity contribution in [2.45, 2.75) is 32.2 Å². The molecule has 1 saturated carbocycles. The van der Waals surface area contributed by atoms with E-state index in [2.05, 4.69) is 25.7 Å². The van der Waals surface area contributed by atoms with E-state index >= 15 is 0 Å². The number of aromatic carboxylic acids is 1. The number of nitrogens with zero attached hydrogens (tertiary/aromatic N) is 6. The molecule has 3 heterocycles. The second-order valence-corrected chi connectivity index (χ2v) is 8.07. The first-order valence-electron chi connectivity index (χ1n) is 10.3. The molecule has 2 N–H and O–H groups in total. The van der Waals surface area contributed by atoms with E-state index in [1.54, 1.807) is 30.2 Å². The van der Waals surface area contributed by atoms with E-state index in [1.807, 2.05) is 10.9 Å². The molecule has 0 spiro atoms. The van der Waals surface area contributed by atoms with Gasteiger partial charge in [0, 0.05) is 32.5 Å². The Bertz CT molecular complexity index is 1060. The number of nitrogens with one attached hydrogen (secondary N) is 1. The van der Waals surface area contributed by atoms with E-state index in [0.717, 1.165) is 32.2 Å². The Labute approximate surface area is 179 Å². The zero-order valence-corrected chi connectivity index (χ0v) is 17.3. The molecule has 1 fully saturated rings. The summed E-state index contributed by atoms with van der Waals surface area (Å²) in [7, 11) is 1.79. The van der Waals surface area contributed by atoms with Gasteiger partial charge in [0.05, 0.1) is 29.2 Å². The van der Waals surface area contributed by atoms with Crippen molar-refractivity contribution in [2.75, 3.05) is 6.54 Å². The maximum Gasteiger partial charge on any atom is 0.337 e. The molecule has 31 heavy (non-hydrogen) atoms. The summed E-state index contributed by atoms with van der Waals surface area (Å²) in [6.45, 7) is 1.42. The van der Waals surface area contributed by atoms with Gasteiger partial charge in [-0.05, 0) is 43.2 Å². The molecule has 1 aliphatic carbocycles. The van der Waals surface area contributed by atoms with Crippen molar-refractivity contribution in [3.05, 3.63) is 48.0 Å². The summed E-state index contributed by atoms with van der Waals surface area (Å²) in [6.07, 6.45) is 10.8. The maximum absolute atomic E-state index is 12.2. The van der Waals surface area contributed by atoms with Gasteiger partial charge in [0.25, 0.3) is 5.91 Å². The molecule has 4 rings (SSSR count). The van der Waals surface area contributed by atoms with Gasteiger partial charge in [-0.15, -0.1) is 5.10 Å². The zero-order valence-electron chi connectivity index (χ0n) is 17.3. The Morgan fingerprint density at radius 2 is 1.97 bits per heavy atom. The molecule has 10 nitrogen and oxygen atoms in total. The van der Waals surface area contributed by atoms with Gasteiger partial charge in [-0.25, -0.2) is 4.79 Å². The van der Waals surface area contributed by atoms with Crippen molar-refractivity contribution in [3.8, 4) is 11.4 Å². The summed E-state index contributed by atoms with van der Waals surface area (Å²) >= 11 is 0. The molecule has 1 amide bonds. The van der Waals surface area contributed by atoms with Crippen molar-refractivity contribution in [3.63, 3.8) is 0 Å². The Morgan fingerprint density at radius 3 is 2.68 bits per heavy atom. The number of pyridine rings is 1. The van der Waals surface area contributed by atoms with Crippen molar-refractivity contribution >= 4 is 11.9 Å². The van der Waals surface area contributed by atoms with Crippen LogP contribution in [0.15, 0.2) is 36.9 Å². The molecule has 2 atom stereocenters. The lowest BCUT2D eigenvalue weighted by Crippen LogP contribution is -2.32. The predicted octanol–water partition coefficient (Wildman–Crippen LogP) is 2.01. The Kier molecular flexibility index (Phi) is 6.06. The minimum atomic E-state index is -1.01. The number of hydrogen-bond donors (Lipinski definition) is 2. The van der Waals surface area contributed by atoms with Gasteiger partial charge in [-0.2, -0.15) is 5.10 Å². The summed E-state index contributed by atoms with van der Waals surface area (Å²) in [5.74, 6) is -0.192. The molecule has 0 aromatic carbocycles. The van der Waals surface area contributed by atoms with Crippen LogP contribution in [0.3, 0.4) is 0 Å². The van der Waals surface area contributed by atoms with Crippen LogP contribution in [0.2, 0.25) is 0 Å². The number of aryl methyl sites for hydroxylation is 1. The highest BCUT2D eigenvalue weighted by Gasteiger charge is 2.23. The topological polar surface area (TPSA) is 128 Å². The third-order valence-electron chi connectivity index (χ3n) is 5.67. The average molecular weight is 423 g/mol. The van der Waals surface area contributed by atoms with Crippen LogP contribution in [0.4, 0.5) is 0 Å². The number of carbonyl (C=O) groups excluding carboxylic acids is 1. The Hall–Kier alpha value is -3.56. The minimum absolute atomic E-state index is 0.0856. The highest BCUT2D eigenvalue weighted by atomic mass is 16.4. The molecular formula is C21H25N7O3. The number of hydrogen-bond acceptors (Lipinski definition) is 6. The first-order valence-corrected chi connectivity index (χ1v) is 10.3. The van der Waals surface area contributed by atoms with E-state index in [1.165, 1.54) is 12.3 Å². The molecule has 0 unspecified atom stereocenters. The quantitative estimate of drug-likeness (QED) is 0.595. The van der Waals surface area contributed by atoms with Crippen LogP contribution in [0.5, 0.6) is 0 Å². The second-order valence-electron chi connectivity index (χ2n) is 8.07. The van der Waals surface area contributed by atoms with Crippen molar-refractivity contribution < 1.29 is 14.7 Å². The van der Waals surface area contributed by atoms with Crippen LogP contribution < -0.4 is 5.32 Å². The standard InChI is InChI=1S/C21H25N7O3/c1-27-12-17(10-24-27)20(29)23-8-14-3-2-4-15(7-14)11-28-13-19(25-26-28)18-6-5-16(9-22-18)21(30)31/h5-6,9-10,12-15H,2-4,7-8,11H2,1H3,(H,23,29)(H,30,31)/t14-,15-/m0/s1. The highest BCUT2D eigenvalue weighted by molar-refractivity contribution is 5.93. The molecule has 10 heteroatoms. The number of rotatable bonds is 7. The number of carboxylic acids is 1. The van der Waals surface area contributed by atoms with Crippen LogP contribution in [-0.2, 0) is 13.6 Å². The van der Waals surface area contributed by atoms with Gasteiger partial charge in [-0.1, -0.05) is 11.6 Å². The Balaban J connectivity index is 1.30. The minimum Gasteiger partial charge on any atom is -0.478 e. The monoisotopic (exact) mass is 423 g/mol. The fourth-order valence-electron chi connectivity index (χ4n) is 4.07. The molecule has 162 valence electrons. The van der Waals surface area contributed by atoms with Crippen LogP contribution in [0.1, 0.15) is 46.4 Å². The van der Waals surface area contributed by atoms with E-state index in [0.29, 0.717) is 35.3 Å². The van der Waals surface area contributed by atoms with Crippen LogP contribution in [0.25, 0.3) is 11.4 Å². The predicted molar refractivity (Wildman–Crippen MR) is 111 cm³/mol. The molecular weight excluding hydrogens is 398 g/mol. The number of aromatic nitrogens is 6. The van der Waals surface area contributed by atoms with Gasteiger partial charge in [0.2, 0.25) is 0 Å². The van der Waals surface area contributed by atoms with Crippen molar-refractivity contribution in [1.82, 2.24) is 35.1 Å². The van der Waals surface area contributed by atoms with Crippen LogP contribution in [0, 0.1) is 11.8 Å². The molecule has 3 aromatic rings. The summed E-state index contributed by atoms with van der Waals surface area (Å²) in [5.41, 5.74) is 1.93. The lowest BCUT2D eigenvalue weighted by molar-refractivity contribution is 0.0696. The van der Waals surface area contributed by atoms with Gasteiger partial charge in [0.1, 0.15) is 5.69 Å². The number of amides is 1. The summed E-state index contributed by atoms with van der Waals surface area (Å²) in [5, 5.41) is 24.4. The van der Waals surface area contributed by atoms with Crippen LogP contribution >= 0.6 is 0 Å². The van der Waals surface area contributed by atoms with Crippen molar-refractivity contribution in [1.29, 1.82) is 0 Å². The maximum atomic E-state index is 12.2. The second kappa shape index (κ2) is 9.07. The fraction of sp³-hybridized carbons (Fsp3) is 0.429. The fourth-order valence-corrected chi connectivity index (χ4v) is 4.07. The molecule has 1 aliphatic rings. The lowest BCUT2D eigenvalue weighted by atomic mass is 9.81. The summed E-state index contributed by atoms with van der Waals surface area (Å²) in [4.78, 5) is 27.4. The molecule has 3 aromatic heterocycles. The lowest BCUT2D eigenvalue weighted by Gasteiger charge is -2.29. The number of carboxylic acid groups (broad SMARTS) is 1. The SMILES string of the molecule is Cn1cc(C(=O)NC[C@H]2CCC[C@H](Cn3cc(-c4ccc(C(=O)O)cn4)nn3)C2)cn1. The smallest absolute Gasteiger partial charge is 0.337 e. The molecule has 0 aliphatic heterocycles. The van der Waals surface area contributed by atoms with Gasteiger partial charge >= 0.3 is 5.97 Å². The van der Waals surface area contributed by atoms with Gasteiger partial charge in [-0.3, -0.25) is 19.1 Å². The third-order valence-corrected chi connectivity index (χ3v) is 5.67. The average Bonchev–Trinajstić information content (AvgIpc) is 3.41. The van der Waals surface area contributed by atoms with E-state index in [9.17, 15) is 9.59 Å². The molecule has 0 saturated heterocycles. The normalized spacial score (nSPS) is 18.6. The summed E-state index contributed by atoms with van der Waals surface area (Å²) in [6, 6.07) is 3.15. The van der Waals surface area contributed by atoms with E-state index < -0.39 is 5.97 Å².